The van der Waals surface area contributed by atoms with Gasteiger partial charge in [-0.2, -0.15) is 0 Å². The normalized spacial score (nSPS) is 22.9. The summed E-state index contributed by atoms with van der Waals surface area (Å²) in [6.45, 7) is 34.7. The van der Waals surface area contributed by atoms with Crippen LogP contribution in [0.2, 0.25) is 54.4 Å². The van der Waals surface area contributed by atoms with Gasteiger partial charge in [-0.25, -0.2) is 0 Å². The summed E-state index contributed by atoms with van der Waals surface area (Å²) in [5.41, 5.74) is 1.68. The van der Waals surface area contributed by atoms with Gasteiger partial charge in [0.05, 0.1) is 18.8 Å². The topological polar surface area (TPSA) is 57.2 Å². The molecule has 0 radical (unpaired) electrons. The lowest BCUT2D eigenvalue weighted by Gasteiger charge is -2.44. The van der Waals surface area contributed by atoms with E-state index < -0.39 is 25.0 Å². The average molecular weight is 638 g/mol. The van der Waals surface area contributed by atoms with E-state index in [1.807, 2.05) is 24.3 Å². The van der Waals surface area contributed by atoms with Gasteiger partial charge in [0.1, 0.15) is 12.2 Å². The van der Waals surface area contributed by atoms with Gasteiger partial charge >= 0.3 is 0 Å². The molecule has 0 saturated carbocycles. The number of benzene rings is 1. The fourth-order valence-corrected chi connectivity index (χ4v) is 7.95. The number of amides is 1. The van der Waals surface area contributed by atoms with Crippen molar-refractivity contribution in [2.24, 2.45) is 0 Å². The van der Waals surface area contributed by atoms with Crippen LogP contribution in [-0.2, 0) is 24.4 Å². The van der Waals surface area contributed by atoms with E-state index in [-0.39, 0.29) is 45.4 Å². The van der Waals surface area contributed by atoms with Gasteiger partial charge in [0, 0.05) is 26.1 Å². The number of ether oxygens (including phenoxy) is 1. The number of carbonyl (C=O) groups excluding carboxylic acids is 1. The summed E-state index contributed by atoms with van der Waals surface area (Å²) in [5, 5.41) is 0.138. The van der Waals surface area contributed by atoms with Crippen LogP contribution in [0, 0.1) is 0 Å². The van der Waals surface area contributed by atoms with Gasteiger partial charge in [-0.05, 0) is 66.0 Å². The summed E-state index contributed by atoms with van der Waals surface area (Å²) in [4.78, 5) is 14.8. The predicted molar refractivity (Wildman–Crippen MR) is 184 cm³/mol. The monoisotopic (exact) mass is 637 g/mol. The van der Waals surface area contributed by atoms with E-state index in [2.05, 4.69) is 102 Å². The quantitative estimate of drug-likeness (QED) is 0.241. The maximum atomic E-state index is 13.1. The highest BCUT2D eigenvalue weighted by Gasteiger charge is 2.54. The molecule has 4 atom stereocenters. The number of rotatable bonds is 10. The summed E-state index contributed by atoms with van der Waals surface area (Å²) >= 11 is 0. The van der Waals surface area contributed by atoms with Crippen molar-refractivity contribution in [3.8, 4) is 0 Å². The van der Waals surface area contributed by atoms with E-state index in [4.69, 9.17) is 18.0 Å². The highest BCUT2D eigenvalue weighted by Crippen LogP contribution is 2.45. The molecule has 2 rings (SSSR count). The highest BCUT2D eigenvalue weighted by atomic mass is 28.4. The molecule has 0 unspecified atom stereocenters. The Kier molecular flexibility index (Phi) is 11.5. The molecule has 0 bridgehead atoms. The number of hydrogen-bond acceptors (Lipinski definition) is 5. The molecule has 1 fully saturated rings. The predicted octanol–water partition coefficient (Wildman–Crippen LogP) is 8.50. The molecule has 0 aromatic heterocycles. The smallest absolute Gasteiger partial charge is 0.253 e. The first kappa shape index (κ1) is 37.4. The molecule has 0 N–H and O–H groups in total. The lowest BCUT2D eigenvalue weighted by atomic mass is 9.97. The zero-order valence-corrected chi connectivity index (χ0v) is 33.0. The van der Waals surface area contributed by atoms with E-state index in [9.17, 15) is 4.79 Å². The maximum absolute atomic E-state index is 13.1. The molecule has 1 aromatic rings. The minimum absolute atomic E-state index is 0.00246. The van der Waals surface area contributed by atoms with Crippen LogP contribution in [0.5, 0.6) is 0 Å². The first-order chi connectivity index (χ1) is 18.7. The van der Waals surface area contributed by atoms with Crippen molar-refractivity contribution in [2.45, 2.75) is 148 Å². The van der Waals surface area contributed by atoms with Gasteiger partial charge < -0.3 is 22.9 Å². The molecule has 1 aromatic carbocycles. The standard InChI is InChI=1S/C33H63NO5Si3/c1-31(2,3)40(12,13)36-23-27-29(39-42(16,17)33(7,8)9)28(38-41(14,15)32(4,5)6)26(37-27)22-24-20-18-19-21-25(24)30(35)34(10)11/h18-21,26-29H,22-23H2,1-17H3/t26-,27+,28-,29+/m0/s1. The van der Waals surface area contributed by atoms with Crippen molar-refractivity contribution in [1.29, 1.82) is 0 Å². The molecule has 1 heterocycles. The second-order valence-corrected chi connectivity index (χ2v) is 31.4. The zero-order valence-electron chi connectivity index (χ0n) is 30.0. The minimum Gasteiger partial charge on any atom is -0.414 e. The molecule has 6 nitrogen and oxygen atoms in total. The summed E-state index contributed by atoms with van der Waals surface area (Å²) in [5.74, 6) is -0.00246. The van der Waals surface area contributed by atoms with Crippen LogP contribution in [0.3, 0.4) is 0 Å². The second kappa shape index (κ2) is 12.9. The molecule has 1 aliphatic rings. The number of nitrogens with zero attached hydrogens (tertiary/aromatic N) is 1. The third-order valence-corrected chi connectivity index (χ3v) is 23.8. The van der Waals surface area contributed by atoms with E-state index in [0.29, 0.717) is 18.6 Å². The van der Waals surface area contributed by atoms with E-state index >= 15 is 0 Å². The van der Waals surface area contributed by atoms with Crippen LogP contribution >= 0.6 is 0 Å². The van der Waals surface area contributed by atoms with Crippen LogP contribution in [0.15, 0.2) is 24.3 Å². The Labute approximate surface area is 261 Å². The van der Waals surface area contributed by atoms with E-state index in [0.717, 1.165) is 5.56 Å². The lowest BCUT2D eigenvalue weighted by molar-refractivity contribution is -0.0160. The Balaban J connectivity index is 2.63. The van der Waals surface area contributed by atoms with Gasteiger partial charge in [-0.3, -0.25) is 4.79 Å². The fraction of sp³-hybridized carbons (Fsp3) is 0.788. The molecular weight excluding hydrogens is 575 g/mol. The average Bonchev–Trinajstić information content (AvgIpc) is 3.10. The van der Waals surface area contributed by atoms with Crippen molar-refractivity contribution in [3.05, 3.63) is 35.4 Å². The summed E-state index contributed by atoms with van der Waals surface area (Å²) in [6, 6.07) is 7.89. The lowest BCUT2D eigenvalue weighted by Crippen LogP contribution is -2.55. The summed E-state index contributed by atoms with van der Waals surface area (Å²) in [7, 11) is -2.86. The molecule has 0 spiro atoms. The van der Waals surface area contributed by atoms with Gasteiger partial charge in [0.15, 0.2) is 25.0 Å². The zero-order chi connectivity index (χ0) is 32.7. The van der Waals surface area contributed by atoms with Crippen molar-refractivity contribution in [1.82, 2.24) is 4.90 Å². The van der Waals surface area contributed by atoms with Crippen LogP contribution in [0.1, 0.15) is 78.2 Å². The first-order valence-electron chi connectivity index (χ1n) is 15.7. The first-order valence-corrected chi connectivity index (χ1v) is 24.4. The Hall–Kier alpha value is -0.819. The van der Waals surface area contributed by atoms with Gasteiger partial charge in [0.2, 0.25) is 0 Å². The molecule has 0 aliphatic carbocycles. The molecule has 9 heteroatoms. The number of carbonyl (C=O) groups is 1. The third kappa shape index (κ3) is 8.67. The number of hydrogen-bond donors (Lipinski definition) is 0. The van der Waals surface area contributed by atoms with Crippen molar-refractivity contribution < 1.29 is 22.8 Å². The van der Waals surface area contributed by atoms with Crippen molar-refractivity contribution in [3.63, 3.8) is 0 Å². The largest absolute Gasteiger partial charge is 0.414 e. The molecule has 1 saturated heterocycles. The molecule has 242 valence electrons. The van der Waals surface area contributed by atoms with Crippen molar-refractivity contribution in [2.75, 3.05) is 20.7 Å². The Bertz CT molecular complexity index is 1070. The SMILES string of the molecule is CN(C)C(=O)c1ccccc1C[C@@H]1O[C@H](CO[Si](C)(C)C(C)(C)C)[C@@H](O[Si](C)(C)C(C)(C)C)[C@H]1O[Si](C)(C)C(C)(C)C. The Morgan fingerprint density at radius 1 is 0.738 bits per heavy atom. The van der Waals surface area contributed by atoms with Crippen LogP contribution in [-0.4, -0.2) is 80.9 Å². The maximum Gasteiger partial charge on any atom is 0.253 e. The van der Waals surface area contributed by atoms with Crippen LogP contribution < -0.4 is 0 Å². The molecule has 1 amide bonds. The Morgan fingerprint density at radius 3 is 1.60 bits per heavy atom. The molecule has 42 heavy (non-hydrogen) atoms. The van der Waals surface area contributed by atoms with Gasteiger partial charge in [-0.1, -0.05) is 80.5 Å². The molecule has 1 aliphatic heterocycles. The third-order valence-electron chi connectivity index (χ3n) is 10.4. The summed E-state index contributed by atoms with van der Waals surface area (Å²) < 4.78 is 28.3. The van der Waals surface area contributed by atoms with Crippen LogP contribution in [0.25, 0.3) is 0 Å². The van der Waals surface area contributed by atoms with E-state index in [1.165, 1.54) is 0 Å². The fourth-order valence-electron chi connectivity index (χ4n) is 4.29. The highest BCUT2D eigenvalue weighted by molar-refractivity contribution is 6.75. The van der Waals surface area contributed by atoms with Crippen LogP contribution in [0.4, 0.5) is 0 Å². The molecular formula is C33H63NO5Si3. The van der Waals surface area contributed by atoms with E-state index in [1.54, 1.807) is 19.0 Å². The Morgan fingerprint density at radius 2 is 1.17 bits per heavy atom. The minimum atomic E-state index is -2.22. The summed E-state index contributed by atoms with van der Waals surface area (Å²) in [6.07, 6.45) is -0.479. The van der Waals surface area contributed by atoms with Crippen molar-refractivity contribution >= 4 is 30.9 Å². The van der Waals surface area contributed by atoms with Gasteiger partial charge in [-0.15, -0.1) is 0 Å². The van der Waals surface area contributed by atoms with Gasteiger partial charge in [0.25, 0.3) is 5.91 Å². The second-order valence-electron chi connectivity index (χ2n) is 17.0.